The summed E-state index contributed by atoms with van der Waals surface area (Å²) in [4.78, 5) is 11.9. The average Bonchev–Trinajstić information content (AvgIpc) is 2.61. The number of nitriles is 1. The van der Waals surface area contributed by atoms with Gasteiger partial charge >= 0.3 is 0 Å². The molecule has 0 spiro atoms. The quantitative estimate of drug-likeness (QED) is 0.678. The van der Waals surface area contributed by atoms with Crippen LogP contribution in [-0.2, 0) is 0 Å². The van der Waals surface area contributed by atoms with Gasteiger partial charge in [0.1, 0.15) is 0 Å². The van der Waals surface area contributed by atoms with Crippen LogP contribution in [0.5, 0.6) is 11.5 Å². The van der Waals surface area contributed by atoms with Crippen molar-refractivity contribution in [3.05, 3.63) is 59.2 Å². The zero-order valence-corrected chi connectivity index (χ0v) is 12.7. The highest BCUT2D eigenvalue weighted by Crippen LogP contribution is 2.29. The Morgan fingerprint density at radius 2 is 1.91 bits per heavy atom. The summed E-state index contributed by atoms with van der Waals surface area (Å²) >= 11 is 0. The van der Waals surface area contributed by atoms with Gasteiger partial charge in [-0.1, -0.05) is 6.07 Å². The van der Waals surface area contributed by atoms with Crippen molar-refractivity contribution in [2.45, 2.75) is 0 Å². The molecule has 0 saturated heterocycles. The molecule has 6 nitrogen and oxygen atoms in total. The number of rotatable bonds is 5. The van der Waals surface area contributed by atoms with E-state index in [1.807, 2.05) is 6.07 Å². The van der Waals surface area contributed by atoms with Crippen molar-refractivity contribution < 1.29 is 14.3 Å². The molecule has 1 amide bonds. The van der Waals surface area contributed by atoms with Gasteiger partial charge in [0.25, 0.3) is 5.91 Å². The Balaban J connectivity index is 2.09. The fourth-order valence-electron chi connectivity index (χ4n) is 1.93. The van der Waals surface area contributed by atoms with Gasteiger partial charge in [-0.05, 0) is 36.4 Å². The first-order valence-corrected chi connectivity index (χ1v) is 6.74. The molecule has 0 unspecified atom stereocenters. The van der Waals surface area contributed by atoms with Crippen molar-refractivity contribution in [3.8, 4) is 17.6 Å². The Kier molecular flexibility index (Phi) is 5.31. The number of hydrazone groups is 1. The standard InChI is InChI=1S/C17H15N3O3/c1-22-15-5-3-4-14(16(15)23-2)11-19-20-17(21)13-8-6-12(10-18)7-9-13/h3-9,11H,1-2H3,(H,20,21)/b19-11-. The molecule has 0 radical (unpaired) electrons. The van der Waals surface area contributed by atoms with Crippen molar-refractivity contribution in [2.75, 3.05) is 14.2 Å². The van der Waals surface area contributed by atoms with E-state index in [1.54, 1.807) is 49.6 Å². The van der Waals surface area contributed by atoms with E-state index in [2.05, 4.69) is 10.5 Å². The van der Waals surface area contributed by atoms with Gasteiger partial charge < -0.3 is 9.47 Å². The zero-order chi connectivity index (χ0) is 16.7. The maximum absolute atomic E-state index is 11.9. The second kappa shape index (κ2) is 7.61. The molecule has 2 rings (SSSR count). The van der Waals surface area contributed by atoms with Crippen LogP contribution >= 0.6 is 0 Å². The molecule has 0 saturated carbocycles. The van der Waals surface area contributed by atoms with Crippen molar-refractivity contribution in [3.63, 3.8) is 0 Å². The molecule has 2 aromatic carbocycles. The first kappa shape index (κ1) is 16.0. The summed E-state index contributed by atoms with van der Waals surface area (Å²) in [5.41, 5.74) is 4.01. The summed E-state index contributed by atoms with van der Waals surface area (Å²) in [5.74, 6) is 0.744. The van der Waals surface area contributed by atoms with Gasteiger partial charge in [-0.2, -0.15) is 10.4 Å². The van der Waals surface area contributed by atoms with Crippen LogP contribution in [0, 0.1) is 11.3 Å². The minimum absolute atomic E-state index is 0.368. The molecule has 1 N–H and O–H groups in total. The van der Waals surface area contributed by atoms with Gasteiger partial charge in [0.15, 0.2) is 11.5 Å². The lowest BCUT2D eigenvalue weighted by atomic mass is 10.1. The fraction of sp³-hybridized carbons (Fsp3) is 0.118. The predicted octanol–water partition coefficient (Wildman–Crippen LogP) is 2.34. The summed E-state index contributed by atoms with van der Waals surface area (Å²) in [7, 11) is 3.08. The zero-order valence-electron chi connectivity index (χ0n) is 12.7. The lowest BCUT2D eigenvalue weighted by Crippen LogP contribution is -2.17. The van der Waals surface area contributed by atoms with E-state index >= 15 is 0 Å². The third-order valence-electron chi connectivity index (χ3n) is 3.08. The molecule has 0 aliphatic carbocycles. The number of carbonyl (C=O) groups excluding carboxylic acids is 1. The Labute approximate surface area is 134 Å². The average molecular weight is 309 g/mol. The van der Waals surface area contributed by atoms with Crippen LogP contribution in [0.1, 0.15) is 21.5 Å². The van der Waals surface area contributed by atoms with E-state index in [0.29, 0.717) is 28.2 Å². The molecule has 0 aromatic heterocycles. The summed E-state index contributed by atoms with van der Waals surface area (Å²) < 4.78 is 10.5. The molecule has 0 atom stereocenters. The van der Waals surface area contributed by atoms with E-state index < -0.39 is 0 Å². The van der Waals surface area contributed by atoms with Crippen molar-refractivity contribution in [1.82, 2.24) is 5.43 Å². The van der Waals surface area contributed by atoms with Crippen LogP contribution in [-0.4, -0.2) is 26.3 Å². The van der Waals surface area contributed by atoms with E-state index in [4.69, 9.17) is 14.7 Å². The number of hydrogen-bond acceptors (Lipinski definition) is 5. The highest BCUT2D eigenvalue weighted by molar-refractivity contribution is 5.95. The molecule has 0 aliphatic rings. The molecule has 0 heterocycles. The maximum Gasteiger partial charge on any atom is 0.271 e. The Morgan fingerprint density at radius 3 is 2.52 bits per heavy atom. The minimum atomic E-state index is -0.368. The lowest BCUT2D eigenvalue weighted by Gasteiger charge is -2.09. The van der Waals surface area contributed by atoms with Crippen LogP contribution in [0.3, 0.4) is 0 Å². The van der Waals surface area contributed by atoms with E-state index in [1.165, 1.54) is 13.3 Å². The predicted molar refractivity (Wildman–Crippen MR) is 85.8 cm³/mol. The topological polar surface area (TPSA) is 83.7 Å². The van der Waals surface area contributed by atoms with Gasteiger partial charge in [-0.3, -0.25) is 4.79 Å². The molecular formula is C17H15N3O3. The minimum Gasteiger partial charge on any atom is -0.493 e. The van der Waals surface area contributed by atoms with Crippen molar-refractivity contribution in [2.24, 2.45) is 5.10 Å². The third kappa shape index (κ3) is 3.86. The molecule has 2 aromatic rings. The number of carbonyl (C=O) groups is 1. The van der Waals surface area contributed by atoms with Gasteiger partial charge in [-0.25, -0.2) is 5.43 Å². The first-order valence-electron chi connectivity index (χ1n) is 6.74. The number of para-hydroxylation sites is 1. The number of benzene rings is 2. The highest BCUT2D eigenvalue weighted by atomic mass is 16.5. The van der Waals surface area contributed by atoms with E-state index in [-0.39, 0.29) is 5.91 Å². The van der Waals surface area contributed by atoms with Gasteiger partial charge in [0, 0.05) is 11.1 Å². The summed E-state index contributed by atoms with van der Waals surface area (Å²) in [5, 5.41) is 12.6. The highest BCUT2D eigenvalue weighted by Gasteiger charge is 2.08. The van der Waals surface area contributed by atoms with Gasteiger partial charge in [0.05, 0.1) is 32.1 Å². The Morgan fingerprint density at radius 1 is 1.17 bits per heavy atom. The molecule has 0 fully saturated rings. The van der Waals surface area contributed by atoms with Crippen molar-refractivity contribution in [1.29, 1.82) is 5.26 Å². The van der Waals surface area contributed by atoms with Gasteiger partial charge in [0.2, 0.25) is 0 Å². The van der Waals surface area contributed by atoms with Crippen molar-refractivity contribution >= 4 is 12.1 Å². The maximum atomic E-state index is 11.9. The summed E-state index contributed by atoms with van der Waals surface area (Å²) in [6, 6.07) is 13.6. The number of methoxy groups -OCH3 is 2. The van der Waals surface area contributed by atoms with Crippen LogP contribution in [0.25, 0.3) is 0 Å². The number of amides is 1. The molecule has 23 heavy (non-hydrogen) atoms. The first-order chi connectivity index (χ1) is 11.2. The van der Waals surface area contributed by atoms with E-state index in [9.17, 15) is 4.79 Å². The number of hydrogen-bond donors (Lipinski definition) is 1. The monoisotopic (exact) mass is 309 g/mol. The lowest BCUT2D eigenvalue weighted by molar-refractivity contribution is 0.0955. The van der Waals surface area contributed by atoms with E-state index in [0.717, 1.165) is 0 Å². The van der Waals surface area contributed by atoms with Crippen LogP contribution in [0.4, 0.5) is 0 Å². The summed E-state index contributed by atoms with van der Waals surface area (Å²) in [6.07, 6.45) is 1.48. The fourth-order valence-corrected chi connectivity index (χ4v) is 1.93. The Hall–Kier alpha value is -3.33. The number of nitrogens with zero attached hydrogens (tertiary/aromatic N) is 2. The number of nitrogens with one attached hydrogen (secondary N) is 1. The second-order valence-electron chi connectivity index (χ2n) is 4.47. The smallest absolute Gasteiger partial charge is 0.271 e. The molecule has 116 valence electrons. The third-order valence-corrected chi connectivity index (χ3v) is 3.08. The second-order valence-corrected chi connectivity index (χ2v) is 4.47. The molecule has 6 heteroatoms. The normalized spacial score (nSPS) is 10.1. The SMILES string of the molecule is COc1cccc(/C=N\NC(=O)c2ccc(C#N)cc2)c1OC. The Bertz CT molecular complexity index is 762. The summed E-state index contributed by atoms with van der Waals surface area (Å²) in [6.45, 7) is 0. The molecule has 0 aliphatic heterocycles. The van der Waals surface area contributed by atoms with Crippen LogP contribution in [0.2, 0.25) is 0 Å². The number of ether oxygens (including phenoxy) is 2. The molecular weight excluding hydrogens is 294 g/mol. The van der Waals surface area contributed by atoms with Crippen LogP contribution < -0.4 is 14.9 Å². The van der Waals surface area contributed by atoms with Gasteiger partial charge in [-0.15, -0.1) is 0 Å². The van der Waals surface area contributed by atoms with Crippen LogP contribution in [0.15, 0.2) is 47.6 Å². The largest absolute Gasteiger partial charge is 0.493 e. The molecule has 0 bridgehead atoms.